The number of benzene rings is 1. The molecule has 1 rings (SSSR count). The van der Waals surface area contributed by atoms with Gasteiger partial charge in [0.2, 0.25) is 11.8 Å². The van der Waals surface area contributed by atoms with Crippen molar-refractivity contribution in [3.63, 3.8) is 0 Å². The molecule has 0 spiro atoms. The molecule has 0 aliphatic carbocycles. The van der Waals surface area contributed by atoms with Gasteiger partial charge in [-0.05, 0) is 45.4 Å². The minimum Gasteiger partial charge on any atom is -0.399 e. The molecule has 0 aromatic heterocycles. The van der Waals surface area contributed by atoms with E-state index >= 15 is 0 Å². The summed E-state index contributed by atoms with van der Waals surface area (Å²) in [5.74, 6) is -0.281. The number of anilines is 1. The Kier molecular flexibility index (Phi) is 5.35. The third-order valence-corrected chi connectivity index (χ3v) is 3.77. The highest BCUT2D eigenvalue weighted by Gasteiger charge is 2.32. The predicted molar refractivity (Wildman–Crippen MR) is 84.8 cm³/mol. The van der Waals surface area contributed by atoms with Crippen LogP contribution in [0.2, 0.25) is 0 Å². The molecule has 5 nitrogen and oxygen atoms in total. The lowest BCUT2D eigenvalue weighted by Gasteiger charge is -2.27. The summed E-state index contributed by atoms with van der Waals surface area (Å²) in [5, 5.41) is 2.79. The zero-order valence-corrected chi connectivity index (χ0v) is 13.4. The molecule has 0 bridgehead atoms. The summed E-state index contributed by atoms with van der Waals surface area (Å²) in [7, 11) is 1.72. The Bertz CT molecular complexity index is 509. The fourth-order valence-corrected chi connectivity index (χ4v) is 1.96. The first-order chi connectivity index (χ1) is 9.70. The number of rotatable bonds is 5. The molecular formula is C16H25N3O2. The number of nitrogens with two attached hydrogens (primary N) is 1. The van der Waals surface area contributed by atoms with E-state index < -0.39 is 11.5 Å². The van der Waals surface area contributed by atoms with Gasteiger partial charge in [-0.15, -0.1) is 0 Å². The maximum atomic E-state index is 12.5. The lowest BCUT2D eigenvalue weighted by Crippen LogP contribution is -2.50. The first-order valence-corrected chi connectivity index (χ1v) is 7.12. The fraction of sp³-hybridized carbons (Fsp3) is 0.500. The molecular weight excluding hydrogens is 266 g/mol. The summed E-state index contributed by atoms with van der Waals surface area (Å²) in [4.78, 5) is 26.1. The molecule has 3 N–H and O–H groups in total. The van der Waals surface area contributed by atoms with Crippen LogP contribution in [0.15, 0.2) is 24.3 Å². The van der Waals surface area contributed by atoms with E-state index in [4.69, 9.17) is 5.73 Å². The Morgan fingerprint density at radius 1 is 1.29 bits per heavy atom. The molecule has 0 saturated heterocycles. The van der Waals surface area contributed by atoms with E-state index in [1.165, 1.54) is 0 Å². The van der Waals surface area contributed by atoms with E-state index in [1.807, 2.05) is 32.9 Å². The molecule has 5 heteroatoms. The zero-order valence-electron chi connectivity index (χ0n) is 13.4. The topological polar surface area (TPSA) is 75.4 Å². The molecule has 0 fully saturated rings. The van der Waals surface area contributed by atoms with Crippen molar-refractivity contribution in [2.75, 3.05) is 19.3 Å². The lowest BCUT2D eigenvalue weighted by molar-refractivity contribution is -0.136. The lowest BCUT2D eigenvalue weighted by atomic mass is 9.83. The number of nitrogens with one attached hydrogen (secondary N) is 1. The summed E-state index contributed by atoms with van der Waals surface area (Å²) < 4.78 is 0. The van der Waals surface area contributed by atoms with Crippen molar-refractivity contribution in [1.29, 1.82) is 0 Å². The standard InChI is InChI=1S/C16H25N3O2/c1-6-19(5)14(20)11(2)18-15(21)16(3,4)12-7-9-13(17)10-8-12/h7-11H,6,17H2,1-5H3,(H,18,21). The summed E-state index contributed by atoms with van der Waals surface area (Å²) >= 11 is 0. The molecule has 116 valence electrons. The first kappa shape index (κ1) is 17.0. The number of hydrogen-bond donors (Lipinski definition) is 2. The second kappa shape index (κ2) is 6.61. The Balaban J connectivity index is 2.82. The van der Waals surface area contributed by atoms with Crippen LogP contribution in [0.25, 0.3) is 0 Å². The summed E-state index contributed by atoms with van der Waals surface area (Å²) in [5.41, 5.74) is 6.45. The van der Waals surface area contributed by atoms with Crippen LogP contribution < -0.4 is 11.1 Å². The normalized spacial score (nSPS) is 12.6. The largest absolute Gasteiger partial charge is 0.399 e. The van der Waals surface area contributed by atoms with Crippen molar-refractivity contribution in [2.24, 2.45) is 0 Å². The van der Waals surface area contributed by atoms with Crippen LogP contribution in [0.5, 0.6) is 0 Å². The Labute approximate surface area is 126 Å². The van der Waals surface area contributed by atoms with Gasteiger partial charge in [0.05, 0.1) is 5.41 Å². The Morgan fingerprint density at radius 2 is 1.81 bits per heavy atom. The predicted octanol–water partition coefficient (Wildman–Crippen LogP) is 1.53. The summed E-state index contributed by atoms with van der Waals surface area (Å²) in [6.07, 6.45) is 0. The minimum atomic E-state index is -0.729. The van der Waals surface area contributed by atoms with Crippen molar-refractivity contribution in [3.05, 3.63) is 29.8 Å². The summed E-state index contributed by atoms with van der Waals surface area (Å²) in [6, 6.07) is 6.66. The van der Waals surface area contributed by atoms with Gasteiger partial charge in [-0.25, -0.2) is 0 Å². The fourth-order valence-electron chi connectivity index (χ4n) is 1.96. The van der Waals surface area contributed by atoms with Gasteiger partial charge in [-0.3, -0.25) is 9.59 Å². The molecule has 0 aliphatic heterocycles. The van der Waals surface area contributed by atoms with Gasteiger partial charge < -0.3 is 16.0 Å². The highest BCUT2D eigenvalue weighted by molar-refractivity contribution is 5.92. The molecule has 1 aromatic rings. The van der Waals surface area contributed by atoms with Gasteiger partial charge in [-0.1, -0.05) is 12.1 Å². The van der Waals surface area contributed by atoms with Crippen LogP contribution in [0, 0.1) is 0 Å². The van der Waals surface area contributed by atoms with E-state index in [-0.39, 0.29) is 11.8 Å². The molecule has 1 unspecified atom stereocenters. The first-order valence-electron chi connectivity index (χ1n) is 7.12. The third kappa shape index (κ3) is 3.97. The van der Waals surface area contributed by atoms with Gasteiger partial charge in [0.1, 0.15) is 6.04 Å². The number of hydrogen-bond acceptors (Lipinski definition) is 3. The Hall–Kier alpha value is -2.04. The third-order valence-electron chi connectivity index (χ3n) is 3.77. The zero-order chi connectivity index (χ0) is 16.2. The highest BCUT2D eigenvalue weighted by atomic mass is 16.2. The van der Waals surface area contributed by atoms with Crippen LogP contribution in [0.1, 0.15) is 33.3 Å². The van der Waals surface area contributed by atoms with Crippen LogP contribution in [0.4, 0.5) is 5.69 Å². The second-order valence-corrected chi connectivity index (χ2v) is 5.79. The quantitative estimate of drug-likeness (QED) is 0.808. The van der Waals surface area contributed by atoms with Gasteiger partial charge in [-0.2, -0.15) is 0 Å². The Morgan fingerprint density at radius 3 is 2.29 bits per heavy atom. The number of nitrogen functional groups attached to an aromatic ring is 1. The van der Waals surface area contributed by atoms with Gasteiger partial charge in [0, 0.05) is 19.3 Å². The van der Waals surface area contributed by atoms with Crippen LogP contribution >= 0.6 is 0 Å². The van der Waals surface area contributed by atoms with Crippen LogP contribution in [-0.4, -0.2) is 36.3 Å². The van der Waals surface area contributed by atoms with Crippen LogP contribution in [0.3, 0.4) is 0 Å². The SMILES string of the molecule is CCN(C)C(=O)C(C)NC(=O)C(C)(C)c1ccc(N)cc1. The van der Waals surface area contributed by atoms with E-state index in [0.717, 1.165) is 5.56 Å². The maximum Gasteiger partial charge on any atom is 0.244 e. The molecule has 0 aliphatic rings. The van der Waals surface area contributed by atoms with Crippen molar-refractivity contribution in [1.82, 2.24) is 10.2 Å². The van der Waals surface area contributed by atoms with Gasteiger partial charge in [0.25, 0.3) is 0 Å². The van der Waals surface area contributed by atoms with Gasteiger partial charge in [0.15, 0.2) is 0 Å². The van der Waals surface area contributed by atoms with Crippen molar-refractivity contribution >= 4 is 17.5 Å². The molecule has 1 aromatic carbocycles. The average molecular weight is 291 g/mol. The van der Waals surface area contributed by atoms with E-state index in [0.29, 0.717) is 12.2 Å². The van der Waals surface area contributed by atoms with Crippen molar-refractivity contribution in [2.45, 2.75) is 39.2 Å². The minimum absolute atomic E-state index is 0.0982. The van der Waals surface area contributed by atoms with E-state index in [1.54, 1.807) is 31.0 Å². The van der Waals surface area contributed by atoms with E-state index in [9.17, 15) is 9.59 Å². The number of likely N-dealkylation sites (N-methyl/N-ethyl adjacent to an activating group) is 1. The van der Waals surface area contributed by atoms with Gasteiger partial charge >= 0.3 is 0 Å². The molecule has 0 radical (unpaired) electrons. The average Bonchev–Trinajstić information content (AvgIpc) is 2.45. The number of amides is 2. The smallest absolute Gasteiger partial charge is 0.244 e. The number of carbonyl (C=O) groups is 2. The van der Waals surface area contributed by atoms with Crippen molar-refractivity contribution in [3.8, 4) is 0 Å². The molecule has 0 saturated carbocycles. The number of nitrogens with zero attached hydrogens (tertiary/aromatic N) is 1. The molecule has 2 amide bonds. The second-order valence-electron chi connectivity index (χ2n) is 5.79. The summed E-state index contributed by atoms with van der Waals surface area (Å²) in [6.45, 7) is 7.86. The molecule has 21 heavy (non-hydrogen) atoms. The molecule has 0 heterocycles. The van der Waals surface area contributed by atoms with Crippen molar-refractivity contribution < 1.29 is 9.59 Å². The monoisotopic (exact) mass is 291 g/mol. The maximum absolute atomic E-state index is 12.5. The van der Waals surface area contributed by atoms with E-state index in [2.05, 4.69) is 5.32 Å². The molecule has 1 atom stereocenters. The highest BCUT2D eigenvalue weighted by Crippen LogP contribution is 2.24. The van der Waals surface area contributed by atoms with Crippen LogP contribution in [-0.2, 0) is 15.0 Å². The number of carbonyl (C=O) groups excluding carboxylic acids is 2.